The van der Waals surface area contributed by atoms with Crippen molar-refractivity contribution in [3.05, 3.63) is 0 Å². The minimum Gasteiger partial charge on any atom is -0.353 e. The minimum atomic E-state index is -3.00. The van der Waals surface area contributed by atoms with Gasteiger partial charge in [0.15, 0.2) is 9.84 Å². The zero-order valence-electron chi connectivity index (χ0n) is 10.8. The summed E-state index contributed by atoms with van der Waals surface area (Å²) in [5.41, 5.74) is 0. The first-order valence-corrected chi connectivity index (χ1v) is 9.84. The summed E-state index contributed by atoms with van der Waals surface area (Å²) in [6, 6.07) is -0.193. The van der Waals surface area contributed by atoms with Gasteiger partial charge in [-0.05, 0) is 12.8 Å². The molecular formula is C11H20N2O4S2. The molecule has 2 fully saturated rings. The van der Waals surface area contributed by atoms with Gasteiger partial charge in [-0.15, -0.1) is 0 Å². The molecular weight excluding hydrogens is 288 g/mol. The van der Waals surface area contributed by atoms with E-state index in [1.54, 1.807) is 0 Å². The Labute approximate surface area is 116 Å². The van der Waals surface area contributed by atoms with Gasteiger partial charge in [0.05, 0.1) is 11.5 Å². The van der Waals surface area contributed by atoms with Crippen LogP contribution in [-0.2, 0) is 25.4 Å². The molecule has 0 bridgehead atoms. The highest BCUT2D eigenvalue weighted by Gasteiger charge is 2.27. The number of nitrogens with one attached hydrogen (secondary N) is 2. The van der Waals surface area contributed by atoms with Crippen LogP contribution in [0.4, 0.5) is 0 Å². The van der Waals surface area contributed by atoms with Crippen molar-refractivity contribution in [3.63, 3.8) is 0 Å². The van der Waals surface area contributed by atoms with Crippen LogP contribution in [0, 0.1) is 0 Å². The van der Waals surface area contributed by atoms with Crippen molar-refractivity contribution in [1.82, 2.24) is 10.6 Å². The molecule has 0 saturated carbocycles. The third-order valence-corrected chi connectivity index (χ3v) is 6.60. The lowest BCUT2D eigenvalue weighted by molar-refractivity contribution is -0.122. The normalized spacial score (nSPS) is 34.6. The van der Waals surface area contributed by atoms with Crippen LogP contribution in [0.1, 0.15) is 19.3 Å². The van der Waals surface area contributed by atoms with Crippen molar-refractivity contribution >= 4 is 26.5 Å². The van der Waals surface area contributed by atoms with E-state index in [4.69, 9.17) is 0 Å². The fourth-order valence-corrected chi connectivity index (χ4v) is 5.19. The summed E-state index contributed by atoms with van der Waals surface area (Å²) >= 11 is 0. The summed E-state index contributed by atoms with van der Waals surface area (Å²) in [5.74, 6) is 1.35. The van der Waals surface area contributed by atoms with Gasteiger partial charge >= 0.3 is 0 Å². The molecule has 1 atom stereocenters. The van der Waals surface area contributed by atoms with Crippen LogP contribution < -0.4 is 10.6 Å². The third kappa shape index (κ3) is 4.85. The predicted molar refractivity (Wildman–Crippen MR) is 74.1 cm³/mol. The highest BCUT2D eigenvalue weighted by Crippen LogP contribution is 2.10. The van der Waals surface area contributed by atoms with Crippen LogP contribution >= 0.6 is 0 Å². The zero-order valence-corrected chi connectivity index (χ0v) is 12.4. The van der Waals surface area contributed by atoms with Crippen LogP contribution in [0.3, 0.4) is 0 Å². The number of carbonyl (C=O) groups excluding carboxylic acids is 1. The molecule has 0 radical (unpaired) electrons. The molecule has 1 unspecified atom stereocenters. The Morgan fingerprint density at radius 1 is 1.32 bits per heavy atom. The van der Waals surface area contributed by atoms with Gasteiger partial charge in [0.25, 0.3) is 0 Å². The van der Waals surface area contributed by atoms with E-state index < -0.39 is 20.6 Å². The fourth-order valence-electron chi connectivity index (χ4n) is 2.45. The summed E-state index contributed by atoms with van der Waals surface area (Å²) in [7, 11) is -3.74. The summed E-state index contributed by atoms with van der Waals surface area (Å²) in [5, 5.41) is 5.97. The maximum absolute atomic E-state index is 11.9. The van der Waals surface area contributed by atoms with E-state index >= 15 is 0 Å². The van der Waals surface area contributed by atoms with E-state index in [0.717, 1.165) is 12.8 Å². The average Bonchev–Trinajstić information content (AvgIpc) is 2.30. The summed E-state index contributed by atoms with van der Waals surface area (Å²) in [4.78, 5) is 11.9. The van der Waals surface area contributed by atoms with Crippen molar-refractivity contribution in [2.24, 2.45) is 0 Å². The van der Waals surface area contributed by atoms with Gasteiger partial charge in [-0.25, -0.2) is 8.42 Å². The Balaban J connectivity index is 1.76. The van der Waals surface area contributed by atoms with E-state index in [0.29, 0.717) is 18.1 Å². The van der Waals surface area contributed by atoms with E-state index in [2.05, 4.69) is 10.6 Å². The van der Waals surface area contributed by atoms with Crippen molar-refractivity contribution < 1.29 is 17.4 Å². The molecule has 2 heterocycles. The number of rotatable bonds is 3. The van der Waals surface area contributed by atoms with Gasteiger partial charge in [-0.3, -0.25) is 9.00 Å². The van der Waals surface area contributed by atoms with Crippen LogP contribution in [0.2, 0.25) is 0 Å². The predicted octanol–water partition coefficient (Wildman–Crippen LogP) is -1.21. The number of hydrogen-bond acceptors (Lipinski definition) is 5. The Kier molecular flexibility index (Phi) is 4.97. The van der Waals surface area contributed by atoms with Crippen molar-refractivity contribution in [2.45, 2.75) is 31.3 Å². The van der Waals surface area contributed by atoms with Gasteiger partial charge in [-0.2, -0.15) is 0 Å². The molecule has 0 aromatic rings. The maximum atomic E-state index is 11.9. The number of sulfone groups is 1. The molecule has 0 spiro atoms. The number of hydrogen-bond donors (Lipinski definition) is 2. The Hall–Kier alpha value is -0.470. The van der Waals surface area contributed by atoms with Crippen LogP contribution in [-0.4, -0.2) is 60.2 Å². The zero-order chi connectivity index (χ0) is 13.9. The maximum Gasteiger partial charge on any atom is 0.221 e. The quantitative estimate of drug-likeness (QED) is 0.682. The van der Waals surface area contributed by atoms with Gasteiger partial charge in [0, 0.05) is 47.4 Å². The molecule has 19 heavy (non-hydrogen) atoms. The summed E-state index contributed by atoms with van der Waals surface area (Å²) < 4.78 is 34.1. The second-order valence-corrected chi connectivity index (χ2v) is 9.08. The lowest BCUT2D eigenvalue weighted by atomic mass is 10.1. The van der Waals surface area contributed by atoms with E-state index in [-0.39, 0.29) is 35.9 Å². The number of amides is 1. The average molecular weight is 308 g/mol. The van der Waals surface area contributed by atoms with Crippen LogP contribution in [0.25, 0.3) is 0 Å². The highest BCUT2D eigenvalue weighted by atomic mass is 32.2. The lowest BCUT2D eigenvalue weighted by Gasteiger charge is -2.26. The first kappa shape index (κ1) is 14.9. The molecule has 6 nitrogen and oxygen atoms in total. The smallest absolute Gasteiger partial charge is 0.221 e. The fraction of sp³-hybridized carbons (Fsp3) is 0.909. The first-order chi connectivity index (χ1) is 8.94. The summed E-state index contributed by atoms with van der Waals surface area (Å²) in [6.07, 6.45) is 1.68. The molecule has 110 valence electrons. The Bertz CT molecular complexity index is 453. The van der Waals surface area contributed by atoms with Gasteiger partial charge in [-0.1, -0.05) is 0 Å². The first-order valence-electron chi connectivity index (χ1n) is 6.53. The van der Waals surface area contributed by atoms with Crippen LogP contribution in [0.5, 0.6) is 0 Å². The topological polar surface area (TPSA) is 92.3 Å². The standard InChI is InChI=1S/C11H20N2O4S2/c14-11(13-9-1-4-18(15)5-2-9)7-10-8-19(16,17)6-3-12-10/h9-10,12H,1-8H2,(H,13,14). The Morgan fingerprint density at radius 2 is 2.00 bits per heavy atom. The van der Waals surface area contributed by atoms with Gasteiger partial charge in [0.1, 0.15) is 0 Å². The molecule has 1 amide bonds. The van der Waals surface area contributed by atoms with E-state index in [1.165, 1.54) is 0 Å². The molecule has 0 aromatic heterocycles. The lowest BCUT2D eigenvalue weighted by Crippen LogP contribution is -2.48. The van der Waals surface area contributed by atoms with Crippen molar-refractivity contribution in [3.8, 4) is 0 Å². The van der Waals surface area contributed by atoms with Crippen molar-refractivity contribution in [1.29, 1.82) is 0 Å². The summed E-state index contributed by atoms with van der Waals surface area (Å²) in [6.45, 7) is 0.419. The SMILES string of the molecule is O=C(CC1CS(=O)(=O)CCN1)NC1CCS(=O)CC1. The molecule has 2 N–H and O–H groups in total. The molecule has 2 aliphatic rings. The van der Waals surface area contributed by atoms with E-state index in [1.807, 2.05) is 0 Å². The highest BCUT2D eigenvalue weighted by molar-refractivity contribution is 7.91. The largest absolute Gasteiger partial charge is 0.353 e. The molecule has 2 saturated heterocycles. The second kappa shape index (κ2) is 6.32. The van der Waals surface area contributed by atoms with Crippen molar-refractivity contribution in [2.75, 3.05) is 29.6 Å². The minimum absolute atomic E-state index is 0.0368. The molecule has 2 aliphatic heterocycles. The monoisotopic (exact) mass is 308 g/mol. The van der Waals surface area contributed by atoms with Gasteiger partial charge in [0.2, 0.25) is 5.91 Å². The molecule has 2 rings (SSSR count). The third-order valence-electron chi connectivity index (χ3n) is 3.49. The molecule has 8 heteroatoms. The molecule has 0 aliphatic carbocycles. The van der Waals surface area contributed by atoms with Gasteiger partial charge < -0.3 is 10.6 Å². The van der Waals surface area contributed by atoms with Crippen LogP contribution in [0.15, 0.2) is 0 Å². The van der Waals surface area contributed by atoms with E-state index in [9.17, 15) is 17.4 Å². The number of carbonyl (C=O) groups is 1. The Morgan fingerprint density at radius 3 is 2.63 bits per heavy atom. The molecule has 0 aromatic carbocycles. The second-order valence-electron chi connectivity index (χ2n) is 5.16.